The van der Waals surface area contributed by atoms with Gasteiger partial charge in [0.1, 0.15) is 16.7 Å². The first-order valence-electron chi connectivity index (χ1n) is 5.01. The van der Waals surface area contributed by atoms with Gasteiger partial charge < -0.3 is 10.5 Å². The van der Waals surface area contributed by atoms with Crippen molar-refractivity contribution in [1.82, 2.24) is 9.97 Å². The number of nitrogens with zero attached hydrogens (tertiary/aromatic N) is 2. The molecule has 1 heterocycles. The summed E-state index contributed by atoms with van der Waals surface area (Å²) in [7, 11) is 1.71. The molecule has 2 N–H and O–H groups in total. The molecule has 0 fully saturated rings. The van der Waals surface area contributed by atoms with E-state index in [1.54, 1.807) is 18.9 Å². The Hall–Kier alpha value is -0.810. The number of methoxy groups -OCH3 is 1. The maximum atomic E-state index is 5.68. The lowest BCUT2D eigenvalue weighted by Gasteiger charge is -2.03. The summed E-state index contributed by atoms with van der Waals surface area (Å²) in [4.78, 5) is 8.51. The minimum atomic E-state index is 0.552. The lowest BCUT2D eigenvalue weighted by molar-refractivity contribution is 0.200. The summed E-state index contributed by atoms with van der Waals surface area (Å²) in [5.41, 5.74) is 5.68. The van der Waals surface area contributed by atoms with E-state index >= 15 is 0 Å². The molecule has 0 atom stereocenters. The monoisotopic (exact) mass is 227 g/mol. The van der Waals surface area contributed by atoms with Crippen molar-refractivity contribution in [2.75, 3.05) is 25.2 Å². The molecule has 0 aliphatic carbocycles. The molecule has 1 aromatic rings. The first kappa shape index (κ1) is 12.3. The van der Waals surface area contributed by atoms with E-state index < -0.39 is 0 Å². The van der Waals surface area contributed by atoms with Crippen molar-refractivity contribution < 1.29 is 4.74 Å². The summed E-state index contributed by atoms with van der Waals surface area (Å²) < 4.78 is 4.98. The number of hydrogen-bond acceptors (Lipinski definition) is 5. The maximum Gasteiger partial charge on any atom is 0.131 e. The molecule has 1 aromatic heterocycles. The van der Waals surface area contributed by atoms with Crippen molar-refractivity contribution in [3.8, 4) is 0 Å². The van der Waals surface area contributed by atoms with Gasteiger partial charge in [-0.2, -0.15) is 0 Å². The normalized spacial score (nSPS) is 10.5. The van der Waals surface area contributed by atoms with E-state index in [4.69, 9.17) is 10.5 Å². The molecule has 4 nitrogen and oxygen atoms in total. The smallest absolute Gasteiger partial charge is 0.131 e. The van der Waals surface area contributed by atoms with Gasteiger partial charge in [0.25, 0.3) is 0 Å². The molecule has 5 heteroatoms. The van der Waals surface area contributed by atoms with Gasteiger partial charge in [0.2, 0.25) is 0 Å². The predicted molar refractivity (Wildman–Crippen MR) is 63.0 cm³/mol. The van der Waals surface area contributed by atoms with E-state index in [9.17, 15) is 0 Å². The number of hydrogen-bond donors (Lipinski definition) is 1. The second-order valence-electron chi connectivity index (χ2n) is 3.10. The number of rotatable bonds is 6. The average Bonchev–Trinajstić information content (AvgIpc) is 2.23. The summed E-state index contributed by atoms with van der Waals surface area (Å²) >= 11 is 1.69. The van der Waals surface area contributed by atoms with Gasteiger partial charge in [0, 0.05) is 32.0 Å². The SMILES string of the molecule is CCc1nc(N)cc(SCCCOC)n1. The highest BCUT2D eigenvalue weighted by molar-refractivity contribution is 7.99. The zero-order valence-corrected chi connectivity index (χ0v) is 10.0. The van der Waals surface area contributed by atoms with Crippen LogP contribution in [0.3, 0.4) is 0 Å². The van der Waals surface area contributed by atoms with Gasteiger partial charge in [-0.15, -0.1) is 11.8 Å². The third-order valence-electron chi connectivity index (χ3n) is 1.83. The molecule has 84 valence electrons. The van der Waals surface area contributed by atoms with E-state index in [0.29, 0.717) is 5.82 Å². The molecule has 0 saturated carbocycles. The van der Waals surface area contributed by atoms with Crippen LogP contribution in [-0.4, -0.2) is 29.4 Å². The van der Waals surface area contributed by atoms with Crippen molar-refractivity contribution in [3.05, 3.63) is 11.9 Å². The Kier molecular flexibility index (Phi) is 5.42. The maximum absolute atomic E-state index is 5.68. The van der Waals surface area contributed by atoms with E-state index in [1.165, 1.54) is 0 Å². The molecule has 0 spiro atoms. The molecule has 0 bridgehead atoms. The van der Waals surface area contributed by atoms with Crippen molar-refractivity contribution in [1.29, 1.82) is 0 Å². The Balaban J connectivity index is 2.49. The van der Waals surface area contributed by atoms with E-state index in [1.807, 2.05) is 13.0 Å². The van der Waals surface area contributed by atoms with E-state index in [0.717, 1.165) is 36.1 Å². The molecule has 15 heavy (non-hydrogen) atoms. The molecule has 0 aliphatic rings. The molecule has 0 radical (unpaired) electrons. The topological polar surface area (TPSA) is 61.0 Å². The summed E-state index contributed by atoms with van der Waals surface area (Å²) in [5.74, 6) is 2.35. The van der Waals surface area contributed by atoms with Gasteiger partial charge in [-0.25, -0.2) is 9.97 Å². The molecule has 0 unspecified atom stereocenters. The minimum absolute atomic E-state index is 0.552. The van der Waals surface area contributed by atoms with Gasteiger partial charge in [0.05, 0.1) is 0 Å². The van der Waals surface area contributed by atoms with E-state index in [2.05, 4.69) is 9.97 Å². The minimum Gasteiger partial charge on any atom is -0.385 e. The Bertz CT molecular complexity index is 307. The van der Waals surface area contributed by atoms with Crippen LogP contribution >= 0.6 is 11.8 Å². The standard InChI is InChI=1S/C10H17N3OS/c1-3-9-12-8(11)7-10(13-9)15-6-4-5-14-2/h7H,3-6H2,1-2H3,(H2,11,12,13). The van der Waals surface area contributed by atoms with Crippen molar-refractivity contribution in [2.45, 2.75) is 24.8 Å². The Morgan fingerprint density at radius 2 is 2.27 bits per heavy atom. The van der Waals surface area contributed by atoms with Crippen LogP contribution in [0.15, 0.2) is 11.1 Å². The van der Waals surface area contributed by atoms with Crippen LogP contribution in [-0.2, 0) is 11.2 Å². The number of nitrogen functional groups attached to an aromatic ring is 1. The third-order valence-corrected chi connectivity index (χ3v) is 2.83. The Morgan fingerprint density at radius 3 is 2.93 bits per heavy atom. The second kappa shape index (κ2) is 6.63. The Morgan fingerprint density at radius 1 is 1.47 bits per heavy atom. The number of thioether (sulfide) groups is 1. The van der Waals surface area contributed by atoms with Crippen molar-refractivity contribution in [3.63, 3.8) is 0 Å². The van der Waals surface area contributed by atoms with Crippen LogP contribution in [0.1, 0.15) is 19.2 Å². The van der Waals surface area contributed by atoms with Gasteiger partial charge in [0.15, 0.2) is 0 Å². The highest BCUT2D eigenvalue weighted by Gasteiger charge is 2.01. The number of aryl methyl sites for hydroxylation is 1. The van der Waals surface area contributed by atoms with Crippen LogP contribution in [0.2, 0.25) is 0 Å². The molecule has 0 amide bonds. The number of nitrogens with two attached hydrogens (primary N) is 1. The number of anilines is 1. The van der Waals surface area contributed by atoms with Crippen LogP contribution in [0.5, 0.6) is 0 Å². The molecular formula is C10H17N3OS. The zero-order chi connectivity index (χ0) is 11.1. The van der Waals surface area contributed by atoms with Gasteiger partial charge in [-0.3, -0.25) is 0 Å². The average molecular weight is 227 g/mol. The summed E-state index contributed by atoms with van der Waals surface area (Å²) in [6, 6.07) is 1.82. The molecular weight excluding hydrogens is 210 g/mol. The fourth-order valence-electron chi connectivity index (χ4n) is 1.10. The largest absolute Gasteiger partial charge is 0.385 e. The molecule has 0 aliphatic heterocycles. The quantitative estimate of drug-likeness (QED) is 0.456. The second-order valence-corrected chi connectivity index (χ2v) is 4.21. The highest BCUT2D eigenvalue weighted by atomic mass is 32.2. The fourth-order valence-corrected chi connectivity index (χ4v) is 1.95. The van der Waals surface area contributed by atoms with Gasteiger partial charge in [-0.05, 0) is 6.42 Å². The first-order chi connectivity index (χ1) is 7.26. The number of aromatic nitrogens is 2. The lowest BCUT2D eigenvalue weighted by atomic mass is 10.4. The fraction of sp³-hybridized carbons (Fsp3) is 0.600. The predicted octanol–water partition coefficient (Wildman–Crippen LogP) is 1.75. The summed E-state index contributed by atoms with van der Waals surface area (Å²) in [6.45, 7) is 2.81. The number of ether oxygens (including phenoxy) is 1. The highest BCUT2D eigenvalue weighted by Crippen LogP contribution is 2.18. The van der Waals surface area contributed by atoms with E-state index in [-0.39, 0.29) is 0 Å². The van der Waals surface area contributed by atoms with Gasteiger partial charge in [-0.1, -0.05) is 6.92 Å². The lowest BCUT2D eigenvalue weighted by Crippen LogP contribution is -2.00. The molecule has 1 rings (SSSR count). The van der Waals surface area contributed by atoms with Crippen LogP contribution < -0.4 is 5.73 Å². The first-order valence-corrected chi connectivity index (χ1v) is 6.00. The van der Waals surface area contributed by atoms with Crippen molar-refractivity contribution >= 4 is 17.6 Å². The van der Waals surface area contributed by atoms with Gasteiger partial charge >= 0.3 is 0 Å². The Labute approximate surface area is 94.6 Å². The molecule has 0 saturated heterocycles. The summed E-state index contributed by atoms with van der Waals surface area (Å²) in [6.07, 6.45) is 1.84. The van der Waals surface area contributed by atoms with Crippen LogP contribution in [0.25, 0.3) is 0 Å². The molecule has 0 aromatic carbocycles. The van der Waals surface area contributed by atoms with Crippen LogP contribution in [0.4, 0.5) is 5.82 Å². The summed E-state index contributed by atoms with van der Waals surface area (Å²) in [5, 5.41) is 0.954. The zero-order valence-electron chi connectivity index (χ0n) is 9.19. The van der Waals surface area contributed by atoms with Crippen molar-refractivity contribution in [2.24, 2.45) is 0 Å². The van der Waals surface area contributed by atoms with Crippen LogP contribution in [0, 0.1) is 0 Å². The third kappa shape index (κ3) is 4.48.